The molecule has 0 spiro atoms. The number of cyclic esters (lactones) is 1. The summed E-state index contributed by atoms with van der Waals surface area (Å²) in [5.74, 6) is -0.525. The maximum atomic E-state index is 13.8. The molecule has 5 nitrogen and oxygen atoms in total. The van der Waals surface area contributed by atoms with Crippen LogP contribution in [-0.2, 0) is 9.53 Å². The van der Waals surface area contributed by atoms with Gasteiger partial charge in [-0.05, 0) is 19.1 Å². The summed E-state index contributed by atoms with van der Waals surface area (Å²) in [5, 5.41) is 4.05. The van der Waals surface area contributed by atoms with E-state index >= 15 is 0 Å². The van der Waals surface area contributed by atoms with Crippen LogP contribution in [0.2, 0.25) is 0 Å². The summed E-state index contributed by atoms with van der Waals surface area (Å²) < 4.78 is 24.4. The maximum absolute atomic E-state index is 13.8. The Hall–Kier alpha value is -3.54. The number of halogens is 1. The van der Waals surface area contributed by atoms with Crippen molar-refractivity contribution in [1.82, 2.24) is 5.16 Å². The van der Waals surface area contributed by atoms with Gasteiger partial charge in [-0.3, -0.25) is 0 Å². The van der Waals surface area contributed by atoms with Crippen LogP contribution in [0.1, 0.15) is 16.9 Å². The first kappa shape index (κ1) is 16.0. The Bertz CT molecular complexity index is 1050. The van der Waals surface area contributed by atoms with E-state index in [1.807, 2.05) is 30.3 Å². The molecular formula is C20H13FN2O3. The third kappa shape index (κ3) is 2.82. The monoisotopic (exact) mass is 348 g/mol. The average molecular weight is 348 g/mol. The number of nitrogens with zero attached hydrogens (tertiary/aromatic N) is 2. The minimum absolute atomic E-state index is 0.0183. The van der Waals surface area contributed by atoms with Gasteiger partial charge >= 0.3 is 5.97 Å². The second-order valence-electron chi connectivity index (χ2n) is 5.69. The number of carbonyl (C=O) groups is 1. The van der Waals surface area contributed by atoms with E-state index in [0.29, 0.717) is 17.0 Å². The zero-order valence-corrected chi connectivity index (χ0v) is 13.8. The van der Waals surface area contributed by atoms with E-state index < -0.39 is 11.8 Å². The molecule has 0 aliphatic carbocycles. The van der Waals surface area contributed by atoms with Gasteiger partial charge in [0.05, 0.1) is 0 Å². The molecule has 0 saturated carbocycles. The van der Waals surface area contributed by atoms with Gasteiger partial charge in [-0.1, -0.05) is 53.7 Å². The van der Waals surface area contributed by atoms with E-state index in [1.165, 1.54) is 12.1 Å². The third-order valence-corrected chi connectivity index (χ3v) is 3.94. The van der Waals surface area contributed by atoms with E-state index in [2.05, 4.69) is 10.1 Å². The molecule has 0 saturated heterocycles. The number of esters is 1. The Balaban J connectivity index is 1.78. The maximum Gasteiger partial charge on any atom is 0.363 e. The molecule has 0 unspecified atom stereocenters. The average Bonchev–Trinajstić information content (AvgIpc) is 3.20. The minimum Gasteiger partial charge on any atom is -0.402 e. The van der Waals surface area contributed by atoms with Crippen LogP contribution in [0.25, 0.3) is 17.3 Å². The number of benzene rings is 2. The van der Waals surface area contributed by atoms with Crippen molar-refractivity contribution in [3.8, 4) is 11.3 Å². The number of hydrogen-bond acceptors (Lipinski definition) is 5. The lowest BCUT2D eigenvalue weighted by molar-refractivity contribution is -0.129. The summed E-state index contributed by atoms with van der Waals surface area (Å²) in [6, 6.07) is 15.5. The van der Waals surface area contributed by atoms with Crippen LogP contribution in [0.4, 0.5) is 4.39 Å². The first-order valence-corrected chi connectivity index (χ1v) is 7.92. The van der Waals surface area contributed by atoms with Crippen LogP contribution in [0.5, 0.6) is 0 Å². The van der Waals surface area contributed by atoms with Crippen LogP contribution in [0.15, 0.2) is 69.8 Å². The number of rotatable bonds is 3. The quantitative estimate of drug-likeness (QED) is 0.527. The lowest BCUT2D eigenvalue weighted by atomic mass is 10.1. The number of aromatic nitrogens is 1. The summed E-state index contributed by atoms with van der Waals surface area (Å²) in [6.45, 7) is 1.71. The van der Waals surface area contributed by atoms with Gasteiger partial charge < -0.3 is 9.26 Å². The zero-order valence-electron chi connectivity index (χ0n) is 13.8. The van der Waals surface area contributed by atoms with E-state index in [1.54, 1.807) is 25.1 Å². The Morgan fingerprint density at radius 3 is 2.54 bits per heavy atom. The first-order chi connectivity index (χ1) is 12.6. The van der Waals surface area contributed by atoms with Crippen LogP contribution < -0.4 is 0 Å². The number of hydrogen-bond donors (Lipinski definition) is 0. The molecule has 1 aromatic heterocycles. The fourth-order valence-corrected chi connectivity index (χ4v) is 2.67. The number of aryl methyl sites for hydroxylation is 1. The second kappa shape index (κ2) is 6.40. The summed E-state index contributed by atoms with van der Waals surface area (Å²) in [6.07, 6.45) is 1.36. The zero-order chi connectivity index (χ0) is 18.1. The van der Waals surface area contributed by atoms with Crippen LogP contribution in [0.3, 0.4) is 0 Å². The first-order valence-electron chi connectivity index (χ1n) is 7.92. The topological polar surface area (TPSA) is 64.7 Å². The molecule has 0 bridgehead atoms. The molecule has 0 atom stereocenters. The molecule has 26 heavy (non-hydrogen) atoms. The minimum atomic E-state index is -0.650. The number of carbonyl (C=O) groups excluding carboxylic acids is 1. The van der Waals surface area contributed by atoms with Crippen molar-refractivity contribution in [1.29, 1.82) is 0 Å². The Kier molecular flexibility index (Phi) is 3.93. The van der Waals surface area contributed by atoms with Crippen molar-refractivity contribution in [3.63, 3.8) is 0 Å². The molecule has 0 radical (unpaired) electrons. The molecule has 1 aliphatic heterocycles. The summed E-state index contributed by atoms with van der Waals surface area (Å²) >= 11 is 0. The fourth-order valence-electron chi connectivity index (χ4n) is 2.67. The van der Waals surface area contributed by atoms with Gasteiger partial charge in [-0.25, -0.2) is 14.2 Å². The molecule has 128 valence electrons. The molecule has 0 fully saturated rings. The lowest BCUT2D eigenvalue weighted by Crippen LogP contribution is -2.07. The molecular weight excluding hydrogens is 335 g/mol. The van der Waals surface area contributed by atoms with Crippen molar-refractivity contribution in [2.45, 2.75) is 6.92 Å². The van der Waals surface area contributed by atoms with Crippen LogP contribution in [0, 0.1) is 12.7 Å². The Morgan fingerprint density at radius 1 is 1.04 bits per heavy atom. The largest absolute Gasteiger partial charge is 0.402 e. The SMILES string of the molecule is Cc1onc(-c2ccccc2)c1C1=N/C(=C\c2ccccc2F)C(=O)O1. The van der Waals surface area contributed by atoms with Crippen molar-refractivity contribution in [2.24, 2.45) is 4.99 Å². The predicted molar refractivity (Wildman–Crippen MR) is 93.7 cm³/mol. The van der Waals surface area contributed by atoms with Gasteiger partial charge in [0.2, 0.25) is 5.90 Å². The Labute approximate surface area is 148 Å². The summed E-state index contributed by atoms with van der Waals surface area (Å²) in [7, 11) is 0. The highest BCUT2D eigenvalue weighted by atomic mass is 19.1. The highest BCUT2D eigenvalue weighted by Crippen LogP contribution is 2.29. The predicted octanol–water partition coefficient (Wildman–Crippen LogP) is 4.13. The summed E-state index contributed by atoms with van der Waals surface area (Å²) in [5.41, 5.74) is 2.12. The van der Waals surface area contributed by atoms with E-state index in [9.17, 15) is 9.18 Å². The summed E-state index contributed by atoms with van der Waals surface area (Å²) in [4.78, 5) is 16.4. The molecule has 0 amide bonds. The van der Waals surface area contributed by atoms with E-state index in [-0.39, 0.29) is 17.2 Å². The molecule has 2 heterocycles. The van der Waals surface area contributed by atoms with Gasteiger partial charge in [-0.15, -0.1) is 0 Å². The van der Waals surface area contributed by atoms with E-state index in [0.717, 1.165) is 5.56 Å². The second-order valence-corrected chi connectivity index (χ2v) is 5.69. The smallest absolute Gasteiger partial charge is 0.363 e. The van der Waals surface area contributed by atoms with E-state index in [4.69, 9.17) is 9.26 Å². The molecule has 3 aromatic rings. The van der Waals surface area contributed by atoms with Gasteiger partial charge in [0.15, 0.2) is 5.70 Å². The highest BCUT2D eigenvalue weighted by Gasteiger charge is 2.30. The number of aliphatic imine (C=N–C) groups is 1. The van der Waals surface area contributed by atoms with Crippen LogP contribution >= 0.6 is 0 Å². The van der Waals surface area contributed by atoms with Crippen molar-refractivity contribution in [2.75, 3.05) is 0 Å². The molecule has 6 heteroatoms. The molecule has 4 rings (SSSR count). The fraction of sp³-hybridized carbons (Fsp3) is 0.0500. The van der Waals surface area contributed by atoms with Gasteiger partial charge in [0, 0.05) is 11.1 Å². The van der Waals surface area contributed by atoms with Gasteiger partial charge in [0.25, 0.3) is 0 Å². The van der Waals surface area contributed by atoms with Crippen molar-refractivity contribution < 1.29 is 18.4 Å². The highest BCUT2D eigenvalue weighted by molar-refractivity contribution is 6.15. The van der Waals surface area contributed by atoms with Crippen LogP contribution in [-0.4, -0.2) is 17.0 Å². The standard InChI is InChI=1S/C20H13FN2O3/c1-12-17(18(23-26-12)13-7-3-2-4-8-13)19-22-16(20(24)25-19)11-14-9-5-6-10-15(14)21/h2-11H,1H3/b16-11-. The van der Waals surface area contributed by atoms with Gasteiger partial charge in [-0.2, -0.15) is 0 Å². The van der Waals surface area contributed by atoms with Crippen molar-refractivity contribution >= 4 is 17.9 Å². The Morgan fingerprint density at radius 2 is 1.77 bits per heavy atom. The normalized spacial score (nSPS) is 15.2. The number of ether oxygens (including phenoxy) is 1. The molecule has 1 aliphatic rings. The van der Waals surface area contributed by atoms with Crippen molar-refractivity contribution in [3.05, 3.63) is 83.0 Å². The lowest BCUT2D eigenvalue weighted by Gasteiger charge is -2.01. The third-order valence-electron chi connectivity index (χ3n) is 3.94. The molecule has 2 aromatic carbocycles. The van der Waals surface area contributed by atoms with Gasteiger partial charge in [0.1, 0.15) is 22.8 Å². The molecule has 0 N–H and O–H groups in total.